The molecule has 0 N–H and O–H groups in total. The third-order valence-corrected chi connectivity index (χ3v) is 3.46. The number of hydrogen-bond donors (Lipinski definition) is 0. The third-order valence-electron chi connectivity index (χ3n) is 3.01. The Morgan fingerprint density at radius 1 is 1.24 bits per heavy atom. The summed E-state index contributed by atoms with van der Waals surface area (Å²) in [6.45, 7) is 8.32. The van der Waals surface area contributed by atoms with Crippen LogP contribution >= 0.6 is 23.2 Å². The molecule has 0 fully saturated rings. The summed E-state index contributed by atoms with van der Waals surface area (Å²) < 4.78 is 0. The van der Waals surface area contributed by atoms with Crippen LogP contribution in [0.5, 0.6) is 0 Å². The van der Waals surface area contributed by atoms with Crippen molar-refractivity contribution in [1.82, 2.24) is 9.97 Å². The highest BCUT2D eigenvalue weighted by atomic mass is 35.5. The molecule has 0 aromatic carbocycles. The van der Waals surface area contributed by atoms with Crippen LogP contribution in [0.2, 0.25) is 10.3 Å². The maximum atomic E-state index is 6.11. The van der Waals surface area contributed by atoms with E-state index < -0.39 is 0 Å². The monoisotopic (exact) mass is 275 g/mol. The molecule has 0 unspecified atom stereocenters. The first-order valence-electron chi connectivity index (χ1n) is 6.05. The first-order chi connectivity index (χ1) is 8.12. The van der Waals surface area contributed by atoms with E-state index in [1.807, 2.05) is 0 Å². The molecular weight excluding hydrogens is 257 g/mol. The van der Waals surface area contributed by atoms with Gasteiger partial charge in [0.25, 0.3) is 0 Å². The van der Waals surface area contributed by atoms with Crippen LogP contribution < -0.4 is 4.90 Å². The fraction of sp³-hybridized carbons (Fsp3) is 0.667. The lowest BCUT2D eigenvalue weighted by atomic mass is 10.0. The number of anilines is 1. The Kier molecular flexibility index (Phi) is 6.00. The van der Waals surface area contributed by atoms with Gasteiger partial charge >= 0.3 is 0 Å². The summed E-state index contributed by atoms with van der Waals surface area (Å²) in [6.07, 6.45) is 3.87. The molecule has 96 valence electrons. The second kappa shape index (κ2) is 7.02. The lowest BCUT2D eigenvalue weighted by Gasteiger charge is -2.26. The van der Waals surface area contributed by atoms with Gasteiger partial charge in [0.2, 0.25) is 5.28 Å². The Hall–Kier alpha value is -0.540. The summed E-state index contributed by atoms with van der Waals surface area (Å²) >= 11 is 11.9. The lowest BCUT2D eigenvalue weighted by Crippen LogP contribution is -2.30. The second-order valence-electron chi connectivity index (χ2n) is 4.03. The van der Waals surface area contributed by atoms with Gasteiger partial charge in [-0.2, -0.15) is 4.98 Å². The van der Waals surface area contributed by atoms with Crippen LogP contribution in [-0.2, 0) is 0 Å². The van der Waals surface area contributed by atoms with E-state index in [2.05, 4.69) is 35.6 Å². The SMILES string of the molecule is CCC(CC)CN(CC)c1nc(Cl)ncc1Cl. The van der Waals surface area contributed by atoms with Gasteiger partial charge < -0.3 is 4.90 Å². The minimum absolute atomic E-state index is 0.243. The van der Waals surface area contributed by atoms with Crippen molar-refractivity contribution in [2.24, 2.45) is 5.92 Å². The normalized spacial score (nSPS) is 10.9. The van der Waals surface area contributed by atoms with E-state index in [0.29, 0.717) is 10.9 Å². The highest BCUT2D eigenvalue weighted by Crippen LogP contribution is 2.25. The van der Waals surface area contributed by atoms with Crippen LogP contribution in [0.1, 0.15) is 33.6 Å². The maximum absolute atomic E-state index is 6.11. The van der Waals surface area contributed by atoms with Crippen LogP contribution in [0, 0.1) is 5.92 Å². The highest BCUT2D eigenvalue weighted by molar-refractivity contribution is 6.33. The largest absolute Gasteiger partial charge is 0.355 e. The van der Waals surface area contributed by atoms with Crippen molar-refractivity contribution in [2.45, 2.75) is 33.6 Å². The predicted octanol–water partition coefficient (Wildman–Crippen LogP) is 4.05. The van der Waals surface area contributed by atoms with Crippen molar-refractivity contribution in [2.75, 3.05) is 18.0 Å². The zero-order chi connectivity index (χ0) is 12.8. The second-order valence-corrected chi connectivity index (χ2v) is 4.78. The molecule has 1 rings (SSSR count). The zero-order valence-electron chi connectivity index (χ0n) is 10.6. The van der Waals surface area contributed by atoms with Gasteiger partial charge in [0.05, 0.1) is 6.20 Å². The maximum Gasteiger partial charge on any atom is 0.224 e. The average molecular weight is 276 g/mol. The van der Waals surface area contributed by atoms with Crippen LogP contribution in [0.3, 0.4) is 0 Å². The van der Waals surface area contributed by atoms with Gasteiger partial charge in [0.1, 0.15) is 5.02 Å². The molecule has 0 atom stereocenters. The van der Waals surface area contributed by atoms with Gasteiger partial charge in [-0.15, -0.1) is 0 Å². The van der Waals surface area contributed by atoms with E-state index in [4.69, 9.17) is 23.2 Å². The Balaban J connectivity index is 2.89. The molecular formula is C12H19Cl2N3. The Bertz CT molecular complexity index is 354. The molecule has 1 aromatic heterocycles. The smallest absolute Gasteiger partial charge is 0.224 e. The molecule has 3 nitrogen and oxygen atoms in total. The summed E-state index contributed by atoms with van der Waals surface area (Å²) in [4.78, 5) is 10.2. The van der Waals surface area contributed by atoms with Gasteiger partial charge in [-0.1, -0.05) is 38.3 Å². The standard InChI is InChI=1S/C12H19Cl2N3/c1-4-9(5-2)8-17(6-3)11-10(13)7-15-12(14)16-11/h7,9H,4-6,8H2,1-3H3. The first-order valence-corrected chi connectivity index (χ1v) is 6.80. The zero-order valence-corrected chi connectivity index (χ0v) is 12.1. The van der Waals surface area contributed by atoms with E-state index in [1.54, 1.807) is 6.20 Å². The van der Waals surface area contributed by atoms with Gasteiger partial charge in [-0.25, -0.2) is 4.98 Å². The lowest BCUT2D eigenvalue weighted by molar-refractivity contribution is 0.484. The molecule has 0 aliphatic rings. The molecule has 0 spiro atoms. The van der Waals surface area contributed by atoms with Crippen LogP contribution in [0.15, 0.2) is 6.20 Å². The van der Waals surface area contributed by atoms with Gasteiger partial charge in [0.15, 0.2) is 5.82 Å². The summed E-state index contributed by atoms with van der Waals surface area (Å²) in [6, 6.07) is 0. The Labute approximate surface area is 113 Å². The molecule has 0 saturated carbocycles. The molecule has 5 heteroatoms. The molecule has 0 radical (unpaired) electrons. The number of nitrogens with zero attached hydrogens (tertiary/aromatic N) is 3. The summed E-state index contributed by atoms with van der Waals surface area (Å²) in [7, 11) is 0. The number of hydrogen-bond acceptors (Lipinski definition) is 3. The summed E-state index contributed by atoms with van der Waals surface area (Å²) in [5.74, 6) is 1.39. The van der Waals surface area contributed by atoms with E-state index in [0.717, 1.165) is 31.7 Å². The van der Waals surface area contributed by atoms with Crippen molar-refractivity contribution in [3.63, 3.8) is 0 Å². The fourth-order valence-corrected chi connectivity index (χ4v) is 2.12. The van der Waals surface area contributed by atoms with Crippen LogP contribution in [0.25, 0.3) is 0 Å². The average Bonchev–Trinajstić information content (AvgIpc) is 2.34. The van der Waals surface area contributed by atoms with Crippen LogP contribution in [0.4, 0.5) is 5.82 Å². The molecule has 0 aliphatic carbocycles. The molecule has 1 heterocycles. The molecule has 17 heavy (non-hydrogen) atoms. The Morgan fingerprint density at radius 3 is 2.41 bits per heavy atom. The fourth-order valence-electron chi connectivity index (χ4n) is 1.78. The molecule has 0 bridgehead atoms. The van der Waals surface area contributed by atoms with E-state index in [-0.39, 0.29) is 5.28 Å². The van der Waals surface area contributed by atoms with E-state index in [1.165, 1.54) is 0 Å². The molecule has 0 aliphatic heterocycles. The number of aromatic nitrogens is 2. The third kappa shape index (κ3) is 4.00. The number of rotatable bonds is 6. The van der Waals surface area contributed by atoms with Gasteiger partial charge in [-0.3, -0.25) is 0 Å². The van der Waals surface area contributed by atoms with E-state index >= 15 is 0 Å². The van der Waals surface area contributed by atoms with Crippen molar-refractivity contribution in [3.8, 4) is 0 Å². The van der Waals surface area contributed by atoms with Gasteiger partial charge in [-0.05, 0) is 24.4 Å². The topological polar surface area (TPSA) is 29.0 Å². The predicted molar refractivity (Wildman–Crippen MR) is 74.0 cm³/mol. The molecule has 0 saturated heterocycles. The van der Waals surface area contributed by atoms with Crippen molar-refractivity contribution in [1.29, 1.82) is 0 Å². The van der Waals surface area contributed by atoms with Crippen molar-refractivity contribution < 1.29 is 0 Å². The first kappa shape index (κ1) is 14.5. The highest BCUT2D eigenvalue weighted by Gasteiger charge is 2.15. The summed E-state index contributed by atoms with van der Waals surface area (Å²) in [5, 5.41) is 0.801. The molecule has 1 aromatic rings. The summed E-state index contributed by atoms with van der Waals surface area (Å²) in [5.41, 5.74) is 0. The van der Waals surface area contributed by atoms with E-state index in [9.17, 15) is 0 Å². The van der Waals surface area contributed by atoms with Crippen molar-refractivity contribution >= 4 is 29.0 Å². The van der Waals surface area contributed by atoms with Crippen molar-refractivity contribution in [3.05, 3.63) is 16.5 Å². The number of halogens is 2. The minimum Gasteiger partial charge on any atom is -0.355 e. The van der Waals surface area contributed by atoms with Gasteiger partial charge in [0, 0.05) is 13.1 Å². The minimum atomic E-state index is 0.243. The van der Waals surface area contributed by atoms with Crippen LogP contribution in [-0.4, -0.2) is 23.1 Å². The molecule has 0 amide bonds. The Morgan fingerprint density at radius 2 is 1.88 bits per heavy atom. The quantitative estimate of drug-likeness (QED) is 0.734.